The van der Waals surface area contributed by atoms with Crippen LogP contribution in [0, 0.1) is 0 Å². The van der Waals surface area contributed by atoms with Crippen LogP contribution in [0.4, 0.5) is 0 Å². The third kappa shape index (κ3) is 3.77. The van der Waals surface area contributed by atoms with Gasteiger partial charge in [0.05, 0.1) is 10.6 Å². The average molecular weight is 375 g/mol. The van der Waals surface area contributed by atoms with Crippen LogP contribution in [0.1, 0.15) is 36.2 Å². The quantitative estimate of drug-likeness (QED) is 0.775. The maximum Gasteiger partial charge on any atom is 0.334 e. The molecule has 0 radical (unpaired) electrons. The molecule has 0 fully saturated rings. The number of hydrogen-bond acceptors (Lipinski definition) is 4. The molecule has 0 saturated carbocycles. The van der Waals surface area contributed by atoms with Crippen molar-refractivity contribution in [3.05, 3.63) is 65.7 Å². The molecule has 0 aliphatic carbocycles. The third-order valence-electron chi connectivity index (χ3n) is 4.32. The number of aliphatic carboxylic acids is 1. The Balaban J connectivity index is 2.43. The van der Waals surface area contributed by atoms with Crippen LogP contribution in [0.2, 0.25) is 0 Å². The van der Waals surface area contributed by atoms with Crippen molar-refractivity contribution >= 4 is 21.7 Å². The highest BCUT2D eigenvalue weighted by Gasteiger charge is 2.40. The van der Waals surface area contributed by atoms with Crippen LogP contribution in [-0.4, -0.2) is 31.2 Å². The van der Waals surface area contributed by atoms with Crippen molar-refractivity contribution in [3.63, 3.8) is 0 Å². The molecule has 2 aromatic carbocycles. The molecule has 2 rings (SSSR count). The molecule has 0 spiro atoms. The van der Waals surface area contributed by atoms with Crippen LogP contribution in [0.25, 0.3) is 0 Å². The topological polar surface area (TPSA) is 101 Å². The van der Waals surface area contributed by atoms with Gasteiger partial charge in [-0.2, -0.15) is 0 Å². The molecule has 1 unspecified atom stereocenters. The standard InChI is InChI=1S/C19H21NO5S/c1-3-19(18(22)23,15-10-6-5-7-11-15)20-17(21)14-9-8-12-16(13-14)26(24,25)4-2/h5-13H,3-4H2,1-2H3,(H,20,21)(H,22,23). The first kappa shape index (κ1) is 19.7. The van der Waals surface area contributed by atoms with Gasteiger partial charge in [-0.25, -0.2) is 13.2 Å². The largest absolute Gasteiger partial charge is 0.479 e. The fourth-order valence-electron chi connectivity index (χ4n) is 2.68. The first-order valence-corrected chi connectivity index (χ1v) is 9.86. The fraction of sp³-hybridized carbons (Fsp3) is 0.263. The zero-order valence-corrected chi connectivity index (χ0v) is 15.4. The van der Waals surface area contributed by atoms with Crippen molar-refractivity contribution in [3.8, 4) is 0 Å². The summed E-state index contributed by atoms with van der Waals surface area (Å²) >= 11 is 0. The molecule has 1 amide bonds. The summed E-state index contributed by atoms with van der Waals surface area (Å²) in [5.74, 6) is -1.92. The summed E-state index contributed by atoms with van der Waals surface area (Å²) in [5.41, 5.74) is -1.06. The number of nitrogens with one attached hydrogen (secondary N) is 1. The molecule has 26 heavy (non-hydrogen) atoms. The van der Waals surface area contributed by atoms with Gasteiger partial charge in [0.25, 0.3) is 5.91 Å². The molecule has 0 aliphatic rings. The van der Waals surface area contributed by atoms with E-state index in [1.54, 1.807) is 37.3 Å². The van der Waals surface area contributed by atoms with Crippen LogP contribution >= 0.6 is 0 Å². The molecule has 6 nitrogen and oxygen atoms in total. The summed E-state index contributed by atoms with van der Waals surface area (Å²) in [4.78, 5) is 24.7. The van der Waals surface area contributed by atoms with Gasteiger partial charge in [0, 0.05) is 5.56 Å². The van der Waals surface area contributed by atoms with Gasteiger partial charge in [0.1, 0.15) is 0 Å². The zero-order valence-electron chi connectivity index (χ0n) is 14.6. The van der Waals surface area contributed by atoms with E-state index in [1.165, 1.54) is 31.2 Å². The molecular weight excluding hydrogens is 354 g/mol. The molecule has 2 aromatic rings. The van der Waals surface area contributed by atoms with Crippen LogP contribution < -0.4 is 5.32 Å². The molecule has 0 heterocycles. The molecule has 0 aromatic heterocycles. The van der Waals surface area contributed by atoms with Gasteiger partial charge < -0.3 is 10.4 Å². The Labute approximate surface area is 152 Å². The van der Waals surface area contributed by atoms with E-state index in [1.807, 2.05) is 0 Å². The predicted octanol–water partition coefficient (Wildman–Crippen LogP) is 2.60. The van der Waals surface area contributed by atoms with Gasteiger partial charge in [-0.05, 0) is 30.2 Å². The second kappa shape index (κ2) is 7.70. The van der Waals surface area contributed by atoms with Crippen molar-refractivity contribution in [2.24, 2.45) is 0 Å². The Morgan fingerprint density at radius 2 is 1.69 bits per heavy atom. The number of sulfone groups is 1. The Morgan fingerprint density at radius 3 is 2.23 bits per heavy atom. The van der Waals surface area contributed by atoms with Gasteiger partial charge in [0.2, 0.25) is 0 Å². The van der Waals surface area contributed by atoms with Crippen molar-refractivity contribution in [2.45, 2.75) is 30.7 Å². The van der Waals surface area contributed by atoms with E-state index in [9.17, 15) is 23.1 Å². The number of carbonyl (C=O) groups is 2. The monoisotopic (exact) mass is 375 g/mol. The highest BCUT2D eigenvalue weighted by Crippen LogP contribution is 2.26. The summed E-state index contributed by atoms with van der Waals surface area (Å²) in [7, 11) is -3.47. The lowest BCUT2D eigenvalue weighted by atomic mass is 9.87. The van der Waals surface area contributed by atoms with E-state index in [4.69, 9.17) is 0 Å². The van der Waals surface area contributed by atoms with Gasteiger partial charge >= 0.3 is 5.97 Å². The van der Waals surface area contributed by atoms with Crippen molar-refractivity contribution < 1.29 is 23.1 Å². The maximum absolute atomic E-state index is 12.7. The highest BCUT2D eigenvalue weighted by atomic mass is 32.2. The predicted molar refractivity (Wildman–Crippen MR) is 97.7 cm³/mol. The first-order valence-electron chi connectivity index (χ1n) is 8.21. The van der Waals surface area contributed by atoms with E-state index in [2.05, 4.69) is 5.32 Å². The SMILES string of the molecule is CCC(NC(=O)c1cccc(S(=O)(=O)CC)c1)(C(=O)O)c1ccccc1. The molecule has 7 heteroatoms. The summed E-state index contributed by atoms with van der Waals surface area (Å²) in [6.45, 7) is 3.18. The number of benzene rings is 2. The molecule has 0 saturated heterocycles. The molecular formula is C19H21NO5S. The molecule has 138 valence electrons. The van der Waals surface area contributed by atoms with Crippen molar-refractivity contribution in [1.29, 1.82) is 0 Å². The summed E-state index contributed by atoms with van der Waals surface area (Å²) in [6, 6.07) is 14.0. The van der Waals surface area contributed by atoms with E-state index in [0.29, 0.717) is 5.56 Å². The number of amides is 1. The van der Waals surface area contributed by atoms with Crippen molar-refractivity contribution in [1.82, 2.24) is 5.32 Å². The molecule has 0 bridgehead atoms. The van der Waals surface area contributed by atoms with E-state index in [-0.39, 0.29) is 22.6 Å². The number of carbonyl (C=O) groups excluding carboxylic acids is 1. The van der Waals surface area contributed by atoms with Crippen LogP contribution in [0.15, 0.2) is 59.5 Å². The normalized spacial score (nSPS) is 13.6. The van der Waals surface area contributed by atoms with Crippen LogP contribution in [-0.2, 0) is 20.2 Å². The zero-order chi connectivity index (χ0) is 19.4. The number of carboxylic acid groups (broad SMARTS) is 1. The Hall–Kier alpha value is -2.67. The summed E-state index contributed by atoms with van der Waals surface area (Å²) in [5, 5.41) is 12.4. The highest BCUT2D eigenvalue weighted by molar-refractivity contribution is 7.91. The van der Waals surface area contributed by atoms with Crippen LogP contribution in [0.3, 0.4) is 0 Å². The van der Waals surface area contributed by atoms with Gasteiger partial charge in [-0.3, -0.25) is 4.79 Å². The molecule has 1 atom stereocenters. The van der Waals surface area contributed by atoms with E-state index < -0.39 is 27.3 Å². The number of carboxylic acids is 1. The minimum Gasteiger partial charge on any atom is -0.479 e. The van der Waals surface area contributed by atoms with Gasteiger partial charge in [-0.1, -0.05) is 50.2 Å². The molecule has 0 aliphatic heterocycles. The molecule has 2 N–H and O–H groups in total. The Kier molecular flexibility index (Phi) is 5.82. The lowest BCUT2D eigenvalue weighted by Gasteiger charge is -2.30. The number of rotatable bonds is 7. The number of hydrogen-bond donors (Lipinski definition) is 2. The van der Waals surface area contributed by atoms with Gasteiger partial charge in [0.15, 0.2) is 15.4 Å². The maximum atomic E-state index is 12.7. The minimum absolute atomic E-state index is 0.0322. The second-order valence-electron chi connectivity index (χ2n) is 5.82. The minimum atomic E-state index is -3.47. The summed E-state index contributed by atoms with van der Waals surface area (Å²) < 4.78 is 24.0. The summed E-state index contributed by atoms with van der Waals surface area (Å²) in [6.07, 6.45) is 0.130. The van der Waals surface area contributed by atoms with E-state index >= 15 is 0 Å². The lowest BCUT2D eigenvalue weighted by Crippen LogP contribution is -2.51. The lowest BCUT2D eigenvalue weighted by molar-refractivity contribution is -0.145. The van der Waals surface area contributed by atoms with Crippen molar-refractivity contribution in [2.75, 3.05) is 5.75 Å². The Bertz CT molecular complexity index is 909. The van der Waals surface area contributed by atoms with Crippen LogP contribution in [0.5, 0.6) is 0 Å². The third-order valence-corrected chi connectivity index (χ3v) is 6.06. The average Bonchev–Trinajstić information content (AvgIpc) is 2.66. The first-order chi connectivity index (χ1) is 12.3. The smallest absolute Gasteiger partial charge is 0.334 e. The fourth-order valence-corrected chi connectivity index (χ4v) is 3.60. The van der Waals surface area contributed by atoms with E-state index in [0.717, 1.165) is 0 Å². The second-order valence-corrected chi connectivity index (χ2v) is 8.09. The Morgan fingerprint density at radius 1 is 1.04 bits per heavy atom. The van der Waals surface area contributed by atoms with Gasteiger partial charge in [-0.15, -0.1) is 0 Å².